The Labute approximate surface area is 149 Å². The van der Waals surface area contributed by atoms with Gasteiger partial charge < -0.3 is 4.90 Å². The Bertz CT molecular complexity index is 604. The lowest BCUT2D eigenvalue weighted by molar-refractivity contribution is -0.113. The van der Waals surface area contributed by atoms with Crippen molar-refractivity contribution in [2.75, 3.05) is 37.5 Å². The van der Waals surface area contributed by atoms with Gasteiger partial charge in [0.15, 0.2) is 4.34 Å². The molecule has 0 fully saturated rings. The maximum atomic E-state index is 11.8. The molecule has 0 aliphatic carbocycles. The fourth-order valence-corrected chi connectivity index (χ4v) is 4.23. The largest absolute Gasteiger partial charge is 0.309 e. The van der Waals surface area contributed by atoms with Crippen molar-refractivity contribution in [1.82, 2.24) is 15.1 Å². The van der Waals surface area contributed by atoms with E-state index in [4.69, 9.17) is 0 Å². The van der Waals surface area contributed by atoms with Gasteiger partial charge in [-0.15, -0.1) is 10.2 Å². The molecule has 0 saturated carbocycles. The maximum Gasteiger partial charge on any atom is 0.236 e. The fourth-order valence-electron chi connectivity index (χ4n) is 1.61. The lowest BCUT2D eigenvalue weighted by Crippen LogP contribution is -2.18. The van der Waals surface area contributed by atoms with Gasteiger partial charge in [0.25, 0.3) is 0 Å². The molecule has 1 amide bonds. The number of aromatic nitrogens is 2. The average molecular weight is 369 g/mol. The van der Waals surface area contributed by atoms with E-state index in [0.29, 0.717) is 10.9 Å². The molecule has 2 rings (SSSR count). The van der Waals surface area contributed by atoms with Crippen LogP contribution in [0.1, 0.15) is 5.56 Å². The highest BCUT2D eigenvalue weighted by Crippen LogP contribution is 2.28. The van der Waals surface area contributed by atoms with Gasteiger partial charge in [-0.3, -0.25) is 10.1 Å². The molecule has 1 N–H and O–H groups in total. The van der Waals surface area contributed by atoms with Crippen molar-refractivity contribution < 1.29 is 4.79 Å². The normalized spacial score (nSPS) is 10.9. The van der Waals surface area contributed by atoms with E-state index in [1.54, 1.807) is 23.5 Å². The van der Waals surface area contributed by atoms with Crippen LogP contribution < -0.4 is 5.32 Å². The first-order valence-corrected chi connectivity index (χ1v) is 10.1. The third kappa shape index (κ3) is 7.34. The molecule has 0 spiro atoms. The van der Waals surface area contributed by atoms with Gasteiger partial charge in [0.2, 0.25) is 11.0 Å². The quantitative estimate of drug-likeness (QED) is 0.417. The minimum atomic E-state index is -0.0236. The van der Waals surface area contributed by atoms with Crippen molar-refractivity contribution in [1.29, 1.82) is 0 Å². The highest BCUT2D eigenvalue weighted by atomic mass is 32.2. The monoisotopic (exact) mass is 368 g/mol. The smallest absolute Gasteiger partial charge is 0.236 e. The van der Waals surface area contributed by atoms with Crippen molar-refractivity contribution in [2.45, 2.75) is 10.1 Å². The highest BCUT2D eigenvalue weighted by Gasteiger charge is 2.09. The highest BCUT2D eigenvalue weighted by molar-refractivity contribution is 8.00. The molecule has 5 nitrogen and oxygen atoms in total. The van der Waals surface area contributed by atoms with E-state index >= 15 is 0 Å². The van der Waals surface area contributed by atoms with Crippen molar-refractivity contribution >= 4 is 45.9 Å². The number of anilines is 1. The van der Waals surface area contributed by atoms with Crippen LogP contribution >= 0.6 is 34.9 Å². The number of thioether (sulfide) groups is 2. The van der Waals surface area contributed by atoms with Crippen LogP contribution in [0.2, 0.25) is 0 Å². The first kappa shape index (κ1) is 18.3. The number of amides is 1. The summed E-state index contributed by atoms with van der Waals surface area (Å²) >= 11 is 4.67. The van der Waals surface area contributed by atoms with E-state index in [2.05, 4.69) is 32.5 Å². The zero-order chi connectivity index (χ0) is 16.5. The van der Waals surface area contributed by atoms with Gasteiger partial charge in [-0.05, 0) is 19.7 Å². The molecule has 0 saturated heterocycles. The van der Waals surface area contributed by atoms with Crippen LogP contribution in [0.3, 0.4) is 0 Å². The van der Waals surface area contributed by atoms with Crippen molar-refractivity contribution in [3.8, 4) is 0 Å². The summed E-state index contributed by atoms with van der Waals surface area (Å²) in [6.07, 6.45) is 0. The van der Waals surface area contributed by atoms with Gasteiger partial charge in [0, 0.05) is 18.1 Å². The third-order valence-corrected chi connectivity index (χ3v) is 5.75. The van der Waals surface area contributed by atoms with Crippen LogP contribution in [0.15, 0.2) is 34.7 Å². The fraction of sp³-hybridized carbons (Fsp3) is 0.400. The summed E-state index contributed by atoms with van der Waals surface area (Å²) in [4.78, 5) is 13.9. The van der Waals surface area contributed by atoms with Crippen LogP contribution in [0.4, 0.5) is 5.13 Å². The summed E-state index contributed by atoms with van der Waals surface area (Å²) < 4.78 is 0.865. The number of rotatable bonds is 9. The van der Waals surface area contributed by atoms with Gasteiger partial charge in [-0.1, -0.05) is 53.4 Å². The van der Waals surface area contributed by atoms with Crippen molar-refractivity contribution in [3.05, 3.63) is 35.9 Å². The van der Waals surface area contributed by atoms with Crippen molar-refractivity contribution in [3.63, 3.8) is 0 Å². The molecule has 1 heterocycles. The minimum absolute atomic E-state index is 0.0236. The molecule has 0 bridgehead atoms. The maximum absolute atomic E-state index is 11.8. The zero-order valence-electron chi connectivity index (χ0n) is 13.2. The van der Waals surface area contributed by atoms with E-state index in [9.17, 15) is 4.79 Å². The summed E-state index contributed by atoms with van der Waals surface area (Å²) in [6, 6.07) is 10.2. The molecule has 8 heteroatoms. The van der Waals surface area contributed by atoms with Crippen LogP contribution in [-0.2, 0) is 10.5 Å². The van der Waals surface area contributed by atoms with E-state index < -0.39 is 0 Å². The Morgan fingerprint density at radius 2 is 2.04 bits per heavy atom. The summed E-state index contributed by atoms with van der Waals surface area (Å²) in [5.41, 5.74) is 1.25. The van der Waals surface area contributed by atoms with Crippen LogP contribution in [0.5, 0.6) is 0 Å². The molecule has 1 aromatic carbocycles. The first-order chi connectivity index (χ1) is 11.1. The average Bonchev–Trinajstić information content (AvgIpc) is 2.98. The Kier molecular flexibility index (Phi) is 7.87. The zero-order valence-corrected chi connectivity index (χ0v) is 15.6. The summed E-state index contributed by atoms with van der Waals surface area (Å²) in [7, 11) is 4.05. The molecule has 124 valence electrons. The van der Waals surface area contributed by atoms with Crippen molar-refractivity contribution in [2.24, 2.45) is 0 Å². The predicted octanol–water partition coefficient (Wildman–Crippen LogP) is 3.06. The molecule has 1 aromatic heterocycles. The predicted molar refractivity (Wildman–Crippen MR) is 100 cm³/mol. The van der Waals surface area contributed by atoms with Gasteiger partial charge in [0.05, 0.1) is 5.75 Å². The molecular weight excluding hydrogens is 348 g/mol. The molecule has 23 heavy (non-hydrogen) atoms. The molecular formula is C15H20N4OS3. The Morgan fingerprint density at radius 3 is 2.78 bits per heavy atom. The van der Waals surface area contributed by atoms with E-state index in [0.717, 1.165) is 22.4 Å². The van der Waals surface area contributed by atoms with E-state index in [1.807, 2.05) is 32.3 Å². The number of hydrogen-bond acceptors (Lipinski definition) is 7. The Hall–Kier alpha value is -1.09. The van der Waals surface area contributed by atoms with Gasteiger partial charge in [0.1, 0.15) is 0 Å². The minimum Gasteiger partial charge on any atom is -0.309 e. The molecule has 0 atom stereocenters. The Morgan fingerprint density at radius 1 is 1.26 bits per heavy atom. The lowest BCUT2D eigenvalue weighted by atomic mass is 10.2. The summed E-state index contributed by atoms with van der Waals surface area (Å²) in [6.45, 7) is 0.969. The number of hydrogen-bond donors (Lipinski definition) is 1. The first-order valence-electron chi connectivity index (χ1n) is 7.16. The van der Waals surface area contributed by atoms with E-state index in [1.165, 1.54) is 16.9 Å². The second-order valence-electron chi connectivity index (χ2n) is 5.05. The number of benzene rings is 1. The second kappa shape index (κ2) is 9.92. The van der Waals surface area contributed by atoms with Crippen LogP contribution in [-0.4, -0.2) is 53.2 Å². The van der Waals surface area contributed by atoms with Gasteiger partial charge >= 0.3 is 0 Å². The van der Waals surface area contributed by atoms with Crippen LogP contribution in [0, 0.1) is 0 Å². The number of carbonyl (C=O) groups is 1. The number of nitrogens with zero attached hydrogens (tertiary/aromatic N) is 3. The Balaban J connectivity index is 1.70. The summed E-state index contributed by atoms with van der Waals surface area (Å²) in [5.74, 6) is 2.21. The van der Waals surface area contributed by atoms with Gasteiger partial charge in [-0.2, -0.15) is 11.8 Å². The van der Waals surface area contributed by atoms with Crippen LogP contribution in [0.25, 0.3) is 0 Å². The summed E-state index contributed by atoms with van der Waals surface area (Å²) in [5, 5.41) is 11.5. The van der Waals surface area contributed by atoms with E-state index in [-0.39, 0.29) is 5.91 Å². The molecule has 2 aromatic rings. The lowest BCUT2D eigenvalue weighted by Gasteiger charge is -2.08. The van der Waals surface area contributed by atoms with Gasteiger partial charge in [-0.25, -0.2) is 0 Å². The SMILES string of the molecule is CN(C)CCSCC(=O)Nc1nnc(SCc2ccccc2)s1. The molecule has 0 radical (unpaired) electrons. The topological polar surface area (TPSA) is 58.1 Å². The number of carbonyl (C=O) groups excluding carboxylic acids is 1. The second-order valence-corrected chi connectivity index (χ2v) is 8.36. The molecule has 0 aliphatic rings. The standard InChI is InChI=1S/C15H20N4OS3/c1-19(2)8-9-21-11-13(20)16-14-17-18-15(23-14)22-10-12-6-4-3-5-7-12/h3-7H,8-11H2,1-2H3,(H,16,17,20). The number of nitrogens with one attached hydrogen (secondary N) is 1. The third-order valence-electron chi connectivity index (χ3n) is 2.77. The molecule has 0 aliphatic heterocycles. The molecule has 0 unspecified atom stereocenters.